The van der Waals surface area contributed by atoms with Crippen molar-refractivity contribution in [2.75, 3.05) is 11.5 Å². The highest BCUT2D eigenvalue weighted by Crippen LogP contribution is 2.74. The molecule has 0 aliphatic heterocycles. The second-order valence-electron chi connectivity index (χ2n) is 9.89. The van der Waals surface area contributed by atoms with Gasteiger partial charge in [0.1, 0.15) is 0 Å². The van der Waals surface area contributed by atoms with Crippen LogP contribution in [0.4, 0.5) is 17.6 Å². The van der Waals surface area contributed by atoms with E-state index < -0.39 is 44.5 Å². The van der Waals surface area contributed by atoms with Gasteiger partial charge in [-0.2, -0.15) is 13.2 Å². The summed E-state index contributed by atoms with van der Waals surface area (Å²) in [6.45, 7) is 5.69. The average molecular weight is 479 g/mol. The molecule has 8 heteroatoms. The number of allylic oxidation sites excluding steroid dienone is 4. The molecule has 0 aromatic carbocycles. The van der Waals surface area contributed by atoms with Crippen LogP contribution in [0.1, 0.15) is 52.9 Å². The summed E-state index contributed by atoms with van der Waals surface area (Å²) >= 11 is 2.48. The molecule has 4 aliphatic rings. The lowest BCUT2D eigenvalue weighted by molar-refractivity contribution is -0.189. The smallest absolute Gasteiger partial charge is 0.390 e. The van der Waals surface area contributed by atoms with Crippen LogP contribution in [0.5, 0.6) is 0 Å². The van der Waals surface area contributed by atoms with Crippen molar-refractivity contribution in [2.24, 2.45) is 22.7 Å². The Morgan fingerprint density at radius 3 is 2.55 bits per heavy atom. The molecular formula is C23H30F4O2S2. The lowest BCUT2D eigenvalue weighted by Gasteiger charge is -2.63. The topological polar surface area (TPSA) is 37.3 Å². The first kappa shape index (κ1) is 23.7. The SMILES string of the molecule is CCS[C@@]1(SCC(F)(F)F)CC[C@H]2[C@@H]3CCC4=CC(=O)C=C[C@]4(C)C3(F)[C@@H](O)C[C@@]21C. The highest BCUT2D eigenvalue weighted by molar-refractivity contribution is 8.18. The summed E-state index contributed by atoms with van der Waals surface area (Å²) in [5.74, 6) is -0.978. The average Bonchev–Trinajstić information content (AvgIpc) is 2.94. The molecule has 174 valence electrons. The number of hydrogen-bond acceptors (Lipinski definition) is 4. The summed E-state index contributed by atoms with van der Waals surface area (Å²) in [5, 5.41) is 11.3. The molecule has 0 radical (unpaired) electrons. The van der Waals surface area contributed by atoms with E-state index >= 15 is 4.39 Å². The fraction of sp³-hybridized carbons (Fsp3) is 0.783. The van der Waals surface area contributed by atoms with Gasteiger partial charge in [-0.25, -0.2) is 4.39 Å². The van der Waals surface area contributed by atoms with Gasteiger partial charge >= 0.3 is 6.18 Å². The van der Waals surface area contributed by atoms with Gasteiger partial charge < -0.3 is 5.11 Å². The minimum absolute atomic E-state index is 0.106. The van der Waals surface area contributed by atoms with Crippen molar-refractivity contribution >= 4 is 29.3 Å². The van der Waals surface area contributed by atoms with Crippen LogP contribution in [-0.2, 0) is 4.79 Å². The van der Waals surface area contributed by atoms with Gasteiger partial charge in [0, 0.05) is 11.3 Å². The summed E-state index contributed by atoms with van der Waals surface area (Å²) in [5.41, 5.74) is -2.87. The van der Waals surface area contributed by atoms with Crippen LogP contribution >= 0.6 is 23.5 Å². The highest BCUT2D eigenvalue weighted by Gasteiger charge is 2.73. The number of thioether (sulfide) groups is 2. The molecule has 31 heavy (non-hydrogen) atoms. The molecule has 4 aliphatic carbocycles. The molecule has 1 unspecified atom stereocenters. The van der Waals surface area contributed by atoms with Crippen molar-refractivity contribution < 1.29 is 27.5 Å². The van der Waals surface area contributed by atoms with E-state index in [1.165, 1.54) is 23.9 Å². The van der Waals surface area contributed by atoms with Gasteiger partial charge in [-0.05, 0) is 68.3 Å². The highest BCUT2D eigenvalue weighted by atomic mass is 32.2. The Hall–Kier alpha value is -0.470. The first-order valence-electron chi connectivity index (χ1n) is 11.0. The summed E-state index contributed by atoms with van der Waals surface area (Å²) in [6.07, 6.45) is 1.40. The maximum absolute atomic E-state index is 17.0. The van der Waals surface area contributed by atoms with E-state index in [1.807, 2.05) is 13.8 Å². The van der Waals surface area contributed by atoms with Gasteiger partial charge in [0.05, 0.1) is 15.9 Å². The fourth-order valence-corrected chi connectivity index (χ4v) is 10.5. The Balaban J connectivity index is 1.74. The van der Waals surface area contributed by atoms with Crippen molar-refractivity contribution in [3.05, 3.63) is 23.8 Å². The number of rotatable bonds is 4. The lowest BCUT2D eigenvalue weighted by atomic mass is 9.46. The first-order chi connectivity index (χ1) is 14.3. The molecule has 0 aromatic heterocycles. The maximum Gasteiger partial charge on any atom is 0.397 e. The molecule has 4 rings (SSSR count). The largest absolute Gasteiger partial charge is 0.397 e. The van der Waals surface area contributed by atoms with Crippen LogP contribution in [0.15, 0.2) is 23.8 Å². The minimum Gasteiger partial charge on any atom is -0.390 e. The zero-order valence-corrected chi connectivity index (χ0v) is 19.7. The van der Waals surface area contributed by atoms with E-state index in [1.54, 1.807) is 13.0 Å². The number of carbonyl (C=O) groups excluding carboxylic acids is 1. The summed E-state index contributed by atoms with van der Waals surface area (Å²) in [7, 11) is 0. The minimum atomic E-state index is -4.27. The third kappa shape index (κ3) is 3.29. The normalized spacial score (nSPS) is 46.9. The molecule has 0 bridgehead atoms. The molecule has 0 aromatic rings. The van der Waals surface area contributed by atoms with Crippen LogP contribution in [0.2, 0.25) is 0 Å². The monoisotopic (exact) mass is 478 g/mol. The number of carbonyl (C=O) groups is 1. The van der Waals surface area contributed by atoms with Gasteiger partial charge in [-0.1, -0.05) is 25.5 Å². The number of halogens is 4. The predicted molar refractivity (Wildman–Crippen MR) is 118 cm³/mol. The summed E-state index contributed by atoms with van der Waals surface area (Å²) in [4.78, 5) is 11.9. The predicted octanol–water partition coefficient (Wildman–Crippen LogP) is 6.10. The quantitative estimate of drug-likeness (QED) is 0.391. The van der Waals surface area contributed by atoms with Crippen molar-refractivity contribution in [3.8, 4) is 0 Å². The van der Waals surface area contributed by atoms with Crippen molar-refractivity contribution in [2.45, 2.75) is 74.9 Å². The van der Waals surface area contributed by atoms with E-state index in [2.05, 4.69) is 0 Å². The van der Waals surface area contributed by atoms with E-state index in [0.29, 0.717) is 31.4 Å². The zero-order valence-electron chi connectivity index (χ0n) is 18.1. The Morgan fingerprint density at radius 1 is 1.19 bits per heavy atom. The van der Waals surface area contributed by atoms with Crippen molar-refractivity contribution in [1.29, 1.82) is 0 Å². The van der Waals surface area contributed by atoms with Crippen molar-refractivity contribution in [1.82, 2.24) is 0 Å². The maximum atomic E-state index is 17.0. The van der Waals surface area contributed by atoms with Gasteiger partial charge in [-0.15, -0.1) is 23.5 Å². The van der Waals surface area contributed by atoms with Gasteiger partial charge in [-0.3, -0.25) is 4.79 Å². The third-order valence-electron chi connectivity index (χ3n) is 8.53. The second kappa shape index (κ2) is 7.52. The molecule has 3 fully saturated rings. The molecule has 0 saturated heterocycles. The number of aliphatic hydroxyl groups is 1. The Morgan fingerprint density at radius 2 is 1.90 bits per heavy atom. The molecule has 1 N–H and O–H groups in total. The number of fused-ring (bicyclic) bond motifs is 5. The van der Waals surface area contributed by atoms with Gasteiger partial charge in [0.15, 0.2) is 11.5 Å². The summed E-state index contributed by atoms with van der Waals surface area (Å²) < 4.78 is 55.8. The number of aliphatic hydroxyl groups excluding tert-OH is 1. The number of alkyl halides is 4. The Bertz CT molecular complexity index is 827. The standard InChI is InChI=1S/C23H30F4O2S2/c1-4-30-21(31-13-22(24,25)26)10-8-16-17-6-5-14-11-15(28)7-9-19(14,2)23(17,27)18(29)12-20(16,21)3/h7,9,11,16-18,29H,4-6,8,10,12-13H2,1-3H3/t16-,17-,18-,19-,20-,21+,23?/m0/s1. The van der Waals surface area contributed by atoms with Crippen LogP contribution in [-0.4, -0.2) is 44.4 Å². The van der Waals surface area contributed by atoms with Gasteiger partial charge in [0.25, 0.3) is 0 Å². The molecule has 7 atom stereocenters. The zero-order chi connectivity index (χ0) is 22.9. The van der Waals surface area contributed by atoms with Crippen LogP contribution in [0.25, 0.3) is 0 Å². The van der Waals surface area contributed by atoms with E-state index in [9.17, 15) is 23.1 Å². The van der Waals surface area contributed by atoms with Crippen molar-refractivity contribution in [3.63, 3.8) is 0 Å². The third-order valence-corrected chi connectivity index (χ3v) is 12.3. The molecule has 3 saturated carbocycles. The van der Waals surface area contributed by atoms with Crippen LogP contribution < -0.4 is 0 Å². The number of hydrogen-bond donors (Lipinski definition) is 1. The molecule has 0 amide bonds. The molecular weight excluding hydrogens is 448 g/mol. The molecule has 2 nitrogen and oxygen atoms in total. The molecule has 0 spiro atoms. The lowest BCUT2D eigenvalue weighted by Crippen LogP contribution is -2.67. The van der Waals surface area contributed by atoms with Crippen LogP contribution in [0, 0.1) is 22.7 Å². The molecule has 0 heterocycles. The fourth-order valence-electron chi connectivity index (χ4n) is 7.11. The van der Waals surface area contributed by atoms with E-state index in [4.69, 9.17) is 0 Å². The Kier molecular flexibility index (Phi) is 5.75. The Labute approximate surface area is 189 Å². The number of ketones is 1. The first-order valence-corrected chi connectivity index (χ1v) is 13.0. The van der Waals surface area contributed by atoms with E-state index in [-0.39, 0.29) is 18.1 Å². The van der Waals surface area contributed by atoms with E-state index in [0.717, 1.165) is 17.3 Å². The second-order valence-corrected chi connectivity index (χ2v) is 13.0. The van der Waals surface area contributed by atoms with Gasteiger partial charge in [0.2, 0.25) is 0 Å². The van der Waals surface area contributed by atoms with Crippen LogP contribution in [0.3, 0.4) is 0 Å². The summed E-state index contributed by atoms with van der Waals surface area (Å²) in [6, 6.07) is 0.